The summed E-state index contributed by atoms with van der Waals surface area (Å²) in [6.07, 6.45) is 0. The van der Waals surface area contributed by atoms with Crippen LogP contribution in [0.4, 0.5) is 10.1 Å². The number of nitrogens with one attached hydrogen (secondary N) is 1. The van der Waals surface area contributed by atoms with Crippen molar-refractivity contribution in [3.05, 3.63) is 76.1 Å². The van der Waals surface area contributed by atoms with Gasteiger partial charge in [-0.2, -0.15) is 0 Å². The van der Waals surface area contributed by atoms with Crippen LogP contribution in [0.1, 0.15) is 37.3 Å². The second-order valence-corrected chi connectivity index (χ2v) is 8.30. The first kappa shape index (κ1) is 19.3. The molecule has 148 valence electrons. The first-order valence-corrected chi connectivity index (χ1v) is 10.4. The lowest BCUT2D eigenvalue weighted by atomic mass is 10.0. The summed E-state index contributed by atoms with van der Waals surface area (Å²) in [5.41, 5.74) is 4.04. The van der Waals surface area contributed by atoms with Crippen LogP contribution in [0.5, 0.6) is 0 Å². The molecule has 29 heavy (non-hydrogen) atoms. The molecule has 0 saturated carbocycles. The standard InChI is InChI=1S/C23H22FN3OS/c1-13(2)15-6-10-18(11-7-15)27-14(3)21(28)20(22(27)25)23-26-19(12-29-23)16-4-8-17(24)9-5-16/h4-14,25,28H,1-3H3. The van der Waals surface area contributed by atoms with Crippen molar-refractivity contribution in [2.45, 2.75) is 32.7 Å². The maximum Gasteiger partial charge on any atom is 0.139 e. The van der Waals surface area contributed by atoms with E-state index in [2.05, 4.69) is 31.0 Å². The number of hydrogen-bond acceptors (Lipinski definition) is 4. The summed E-state index contributed by atoms with van der Waals surface area (Å²) < 4.78 is 13.2. The fraction of sp³-hybridized carbons (Fsp3) is 0.217. The van der Waals surface area contributed by atoms with Gasteiger partial charge in [-0.1, -0.05) is 26.0 Å². The predicted octanol–water partition coefficient (Wildman–Crippen LogP) is 6.23. The Morgan fingerprint density at radius 2 is 1.76 bits per heavy atom. The van der Waals surface area contributed by atoms with Gasteiger partial charge in [-0.05, 0) is 54.8 Å². The Bertz CT molecular complexity index is 1080. The van der Waals surface area contributed by atoms with E-state index in [0.717, 1.165) is 11.3 Å². The molecule has 3 aromatic rings. The van der Waals surface area contributed by atoms with Crippen LogP contribution >= 0.6 is 11.3 Å². The number of hydrogen-bond donors (Lipinski definition) is 2. The van der Waals surface area contributed by atoms with E-state index in [9.17, 15) is 9.50 Å². The minimum Gasteiger partial charge on any atom is -0.509 e. The summed E-state index contributed by atoms with van der Waals surface area (Å²) in [5, 5.41) is 21.9. The molecule has 2 aromatic carbocycles. The quantitative estimate of drug-likeness (QED) is 0.539. The summed E-state index contributed by atoms with van der Waals surface area (Å²) in [6, 6.07) is 13.9. The number of aromatic nitrogens is 1. The Hall–Kier alpha value is -2.99. The predicted molar refractivity (Wildman–Crippen MR) is 117 cm³/mol. The molecule has 2 heterocycles. The molecule has 1 atom stereocenters. The van der Waals surface area contributed by atoms with Crippen LogP contribution < -0.4 is 4.90 Å². The zero-order valence-corrected chi connectivity index (χ0v) is 17.3. The van der Waals surface area contributed by atoms with Crippen molar-refractivity contribution < 1.29 is 9.50 Å². The van der Waals surface area contributed by atoms with E-state index >= 15 is 0 Å². The molecule has 1 unspecified atom stereocenters. The van der Waals surface area contributed by atoms with Crippen molar-refractivity contribution in [2.75, 3.05) is 4.90 Å². The van der Waals surface area contributed by atoms with Gasteiger partial charge in [-0.15, -0.1) is 11.3 Å². The van der Waals surface area contributed by atoms with E-state index in [-0.39, 0.29) is 23.5 Å². The van der Waals surface area contributed by atoms with Crippen molar-refractivity contribution in [1.29, 1.82) is 5.41 Å². The molecule has 0 aliphatic carbocycles. The van der Waals surface area contributed by atoms with E-state index in [1.165, 1.54) is 29.0 Å². The van der Waals surface area contributed by atoms with Crippen molar-refractivity contribution >= 4 is 28.4 Å². The average molecular weight is 408 g/mol. The Labute approximate surface area is 173 Å². The molecule has 0 saturated heterocycles. The maximum absolute atomic E-state index is 13.2. The molecule has 1 aliphatic rings. The lowest BCUT2D eigenvalue weighted by Crippen LogP contribution is -2.33. The van der Waals surface area contributed by atoms with Crippen molar-refractivity contribution in [3.63, 3.8) is 0 Å². The zero-order chi connectivity index (χ0) is 20.7. The lowest BCUT2D eigenvalue weighted by Gasteiger charge is -2.24. The van der Waals surface area contributed by atoms with Crippen molar-refractivity contribution in [2.24, 2.45) is 0 Å². The Balaban J connectivity index is 1.65. The molecule has 0 radical (unpaired) electrons. The van der Waals surface area contributed by atoms with Gasteiger partial charge in [-0.25, -0.2) is 9.37 Å². The van der Waals surface area contributed by atoms with E-state index in [1.54, 1.807) is 12.1 Å². The van der Waals surface area contributed by atoms with Gasteiger partial charge in [-0.3, -0.25) is 5.41 Å². The number of aliphatic hydroxyl groups excluding tert-OH is 1. The molecule has 4 rings (SSSR count). The Morgan fingerprint density at radius 1 is 1.10 bits per heavy atom. The molecule has 1 aliphatic heterocycles. The highest BCUT2D eigenvalue weighted by molar-refractivity contribution is 7.11. The average Bonchev–Trinajstić information content (AvgIpc) is 3.26. The number of thiazole rings is 1. The highest BCUT2D eigenvalue weighted by Gasteiger charge is 2.37. The third-order valence-corrected chi connectivity index (χ3v) is 6.07. The molecule has 0 spiro atoms. The normalized spacial score (nSPS) is 16.9. The van der Waals surface area contributed by atoms with Crippen molar-refractivity contribution in [3.8, 4) is 11.3 Å². The van der Waals surface area contributed by atoms with Crippen LogP contribution in [0, 0.1) is 11.2 Å². The first-order chi connectivity index (χ1) is 13.9. The Kier molecular flexibility index (Phi) is 4.96. The molecule has 0 fully saturated rings. The molecule has 1 aromatic heterocycles. The van der Waals surface area contributed by atoms with Crippen LogP contribution in [0.15, 0.2) is 59.7 Å². The van der Waals surface area contributed by atoms with Gasteiger partial charge >= 0.3 is 0 Å². The SMILES string of the molecule is CC(C)c1ccc(N2C(=N)C(c3nc(-c4ccc(F)cc4)cs3)=C(O)C2C)cc1. The fourth-order valence-corrected chi connectivity index (χ4v) is 4.37. The van der Waals surface area contributed by atoms with E-state index in [1.807, 2.05) is 29.3 Å². The van der Waals surface area contributed by atoms with E-state index in [0.29, 0.717) is 22.2 Å². The Morgan fingerprint density at radius 3 is 2.38 bits per heavy atom. The van der Waals surface area contributed by atoms with Gasteiger partial charge in [0.25, 0.3) is 0 Å². The smallest absolute Gasteiger partial charge is 0.139 e. The van der Waals surface area contributed by atoms with Crippen LogP contribution in [0.25, 0.3) is 16.8 Å². The molecule has 0 amide bonds. The lowest BCUT2D eigenvalue weighted by molar-refractivity contribution is 0.384. The summed E-state index contributed by atoms with van der Waals surface area (Å²) in [5.74, 6) is 0.507. The topological polar surface area (TPSA) is 60.2 Å². The number of benzene rings is 2. The summed E-state index contributed by atoms with van der Waals surface area (Å²) in [7, 11) is 0. The number of anilines is 1. The number of nitrogens with zero attached hydrogens (tertiary/aromatic N) is 2. The number of halogens is 1. The first-order valence-electron chi connectivity index (χ1n) is 9.50. The number of aliphatic hydroxyl groups is 1. The van der Waals surface area contributed by atoms with Crippen LogP contribution in [-0.4, -0.2) is 22.0 Å². The highest BCUT2D eigenvalue weighted by Crippen LogP contribution is 2.37. The van der Waals surface area contributed by atoms with Gasteiger partial charge in [0, 0.05) is 16.6 Å². The van der Waals surface area contributed by atoms with Crippen molar-refractivity contribution in [1.82, 2.24) is 4.98 Å². The molecule has 6 heteroatoms. The van der Waals surface area contributed by atoms with E-state index in [4.69, 9.17) is 5.41 Å². The van der Waals surface area contributed by atoms with Crippen LogP contribution in [0.3, 0.4) is 0 Å². The highest BCUT2D eigenvalue weighted by atomic mass is 32.1. The van der Waals surface area contributed by atoms with Gasteiger partial charge in [0.2, 0.25) is 0 Å². The van der Waals surface area contributed by atoms with Gasteiger partial charge in [0.1, 0.15) is 22.4 Å². The molecule has 2 N–H and O–H groups in total. The fourth-order valence-electron chi connectivity index (χ4n) is 3.49. The number of amidine groups is 1. The molecule has 0 bridgehead atoms. The monoisotopic (exact) mass is 407 g/mol. The minimum absolute atomic E-state index is 0.142. The number of rotatable bonds is 4. The van der Waals surface area contributed by atoms with Crippen LogP contribution in [-0.2, 0) is 0 Å². The summed E-state index contributed by atoms with van der Waals surface area (Å²) in [4.78, 5) is 6.42. The van der Waals surface area contributed by atoms with Crippen LogP contribution in [0.2, 0.25) is 0 Å². The molecular formula is C23H22FN3OS. The maximum atomic E-state index is 13.2. The largest absolute Gasteiger partial charge is 0.509 e. The second kappa shape index (κ2) is 7.44. The zero-order valence-electron chi connectivity index (χ0n) is 16.5. The summed E-state index contributed by atoms with van der Waals surface area (Å²) >= 11 is 1.37. The molecular weight excluding hydrogens is 385 g/mol. The van der Waals surface area contributed by atoms with E-state index < -0.39 is 0 Å². The minimum atomic E-state index is -0.347. The third kappa shape index (κ3) is 3.44. The molecule has 4 nitrogen and oxygen atoms in total. The van der Waals surface area contributed by atoms with Gasteiger partial charge in [0.05, 0.1) is 17.3 Å². The van der Waals surface area contributed by atoms with Gasteiger partial charge in [0.15, 0.2) is 0 Å². The second-order valence-electron chi connectivity index (χ2n) is 7.45. The third-order valence-electron chi connectivity index (χ3n) is 5.21. The van der Waals surface area contributed by atoms with Gasteiger partial charge < -0.3 is 10.0 Å². The summed E-state index contributed by atoms with van der Waals surface area (Å²) in [6.45, 7) is 6.16.